The number of rotatable bonds is 9. The van der Waals surface area contributed by atoms with Crippen molar-refractivity contribution >= 4 is 11.9 Å². The smallest absolute Gasteiger partial charge is 0.389 e. The third-order valence-corrected chi connectivity index (χ3v) is 11.6. The lowest BCUT2D eigenvalue weighted by molar-refractivity contribution is -0.160. The lowest BCUT2D eigenvalue weighted by atomic mass is 9.44. The number of unbranched alkanes of at least 4 members (excludes halogenated alkanes) is 1. The van der Waals surface area contributed by atoms with Crippen LogP contribution in [0, 0.1) is 46.3 Å². The Kier molecular flexibility index (Phi) is 9.13. The van der Waals surface area contributed by atoms with Crippen LogP contribution in [0.15, 0.2) is 0 Å². The standard InChI is InChI=1S/C31H49F3O4/c1-20(7-12-28(36)37-18-6-5-15-31(32,33)34)25-10-11-26-24-9-8-22-19-23(38-21(2)35)13-16-29(22,3)27(24)14-17-30(25,26)4/h20,22-27H,5-19H2,1-4H3/t20-,22-,23-,24+,25-,26+,27+,29+,30-/m1/s1. The van der Waals surface area contributed by atoms with Crippen molar-refractivity contribution in [2.45, 2.75) is 130 Å². The van der Waals surface area contributed by atoms with Gasteiger partial charge in [0, 0.05) is 19.8 Å². The molecular weight excluding hydrogens is 493 g/mol. The first-order chi connectivity index (χ1) is 17.8. The fourth-order valence-corrected chi connectivity index (χ4v) is 9.77. The molecule has 4 rings (SSSR count). The maximum atomic E-state index is 12.3. The molecule has 0 bridgehead atoms. The van der Waals surface area contributed by atoms with E-state index in [9.17, 15) is 22.8 Å². The predicted molar refractivity (Wildman–Crippen MR) is 140 cm³/mol. The number of hydrogen-bond acceptors (Lipinski definition) is 4. The largest absolute Gasteiger partial charge is 0.466 e. The van der Waals surface area contributed by atoms with Crippen molar-refractivity contribution in [2.24, 2.45) is 46.3 Å². The predicted octanol–water partition coefficient (Wildman–Crippen LogP) is 8.27. The highest BCUT2D eigenvalue weighted by atomic mass is 19.4. The molecule has 7 heteroatoms. The van der Waals surface area contributed by atoms with Crippen LogP contribution in [-0.4, -0.2) is 30.8 Å². The van der Waals surface area contributed by atoms with Crippen LogP contribution in [0.5, 0.6) is 0 Å². The van der Waals surface area contributed by atoms with Crippen molar-refractivity contribution < 1.29 is 32.2 Å². The van der Waals surface area contributed by atoms with Gasteiger partial charge in [0.15, 0.2) is 0 Å². The normalized spacial score (nSPS) is 39.4. The molecule has 0 aromatic heterocycles. The zero-order valence-electron chi connectivity index (χ0n) is 23.9. The van der Waals surface area contributed by atoms with Crippen LogP contribution in [0.1, 0.15) is 118 Å². The second-order valence-corrected chi connectivity index (χ2v) is 13.7. The maximum Gasteiger partial charge on any atom is 0.389 e. The van der Waals surface area contributed by atoms with Crippen LogP contribution in [0.4, 0.5) is 13.2 Å². The average Bonchev–Trinajstić information content (AvgIpc) is 3.19. The van der Waals surface area contributed by atoms with Gasteiger partial charge in [0.2, 0.25) is 0 Å². The topological polar surface area (TPSA) is 52.6 Å². The zero-order valence-corrected chi connectivity index (χ0v) is 23.9. The quantitative estimate of drug-likeness (QED) is 0.217. The Labute approximate surface area is 227 Å². The summed E-state index contributed by atoms with van der Waals surface area (Å²) in [6, 6.07) is 0. The van der Waals surface area contributed by atoms with Gasteiger partial charge in [-0.3, -0.25) is 9.59 Å². The highest BCUT2D eigenvalue weighted by molar-refractivity contribution is 5.69. The molecule has 4 nitrogen and oxygen atoms in total. The summed E-state index contributed by atoms with van der Waals surface area (Å²) in [7, 11) is 0. The van der Waals surface area contributed by atoms with Crippen molar-refractivity contribution in [1.29, 1.82) is 0 Å². The van der Waals surface area contributed by atoms with Gasteiger partial charge in [-0.15, -0.1) is 0 Å². The molecule has 4 aliphatic carbocycles. The van der Waals surface area contributed by atoms with E-state index < -0.39 is 12.6 Å². The van der Waals surface area contributed by atoms with Crippen LogP contribution in [-0.2, 0) is 19.1 Å². The number of alkyl halides is 3. The van der Waals surface area contributed by atoms with Gasteiger partial charge >= 0.3 is 18.1 Å². The molecule has 38 heavy (non-hydrogen) atoms. The monoisotopic (exact) mass is 542 g/mol. The van der Waals surface area contributed by atoms with Crippen LogP contribution >= 0.6 is 0 Å². The van der Waals surface area contributed by atoms with Gasteiger partial charge in [0.1, 0.15) is 6.10 Å². The van der Waals surface area contributed by atoms with Crippen molar-refractivity contribution in [3.63, 3.8) is 0 Å². The van der Waals surface area contributed by atoms with Crippen LogP contribution in [0.2, 0.25) is 0 Å². The lowest BCUT2D eigenvalue weighted by Crippen LogP contribution is -2.54. The van der Waals surface area contributed by atoms with Crippen molar-refractivity contribution in [1.82, 2.24) is 0 Å². The van der Waals surface area contributed by atoms with E-state index >= 15 is 0 Å². The summed E-state index contributed by atoms with van der Waals surface area (Å²) >= 11 is 0. The molecule has 9 atom stereocenters. The van der Waals surface area contributed by atoms with Gasteiger partial charge < -0.3 is 9.47 Å². The van der Waals surface area contributed by atoms with Crippen LogP contribution in [0.25, 0.3) is 0 Å². The minimum absolute atomic E-state index is 0.00370. The number of carbonyl (C=O) groups is 2. The Hall–Kier alpha value is -1.27. The summed E-state index contributed by atoms with van der Waals surface area (Å²) in [6.45, 7) is 8.94. The van der Waals surface area contributed by atoms with Crippen LogP contribution in [0.3, 0.4) is 0 Å². The summed E-state index contributed by atoms with van der Waals surface area (Å²) in [5.41, 5.74) is 0.675. The number of fused-ring (bicyclic) bond motifs is 5. The second kappa shape index (κ2) is 11.7. The first-order valence-corrected chi connectivity index (χ1v) is 15.2. The number of esters is 2. The number of halogens is 3. The Morgan fingerprint density at radius 2 is 1.66 bits per heavy atom. The van der Waals surface area contributed by atoms with Gasteiger partial charge in [0.25, 0.3) is 0 Å². The Morgan fingerprint density at radius 1 is 0.947 bits per heavy atom. The molecule has 0 saturated heterocycles. The Balaban J connectivity index is 1.28. The summed E-state index contributed by atoms with van der Waals surface area (Å²) < 4.78 is 47.6. The van der Waals surface area contributed by atoms with Crippen LogP contribution < -0.4 is 0 Å². The molecular formula is C31H49F3O4. The minimum atomic E-state index is -4.14. The molecule has 218 valence electrons. The van der Waals surface area contributed by atoms with E-state index in [1.54, 1.807) is 0 Å². The summed E-state index contributed by atoms with van der Waals surface area (Å²) in [5, 5.41) is 0. The zero-order chi connectivity index (χ0) is 27.7. The molecule has 0 aliphatic heterocycles. The Morgan fingerprint density at radius 3 is 2.37 bits per heavy atom. The van der Waals surface area contributed by atoms with Gasteiger partial charge in [-0.1, -0.05) is 20.8 Å². The maximum absolute atomic E-state index is 12.3. The first kappa shape index (κ1) is 29.7. The first-order valence-electron chi connectivity index (χ1n) is 15.2. The molecule has 4 fully saturated rings. The molecule has 0 aromatic rings. The molecule has 0 N–H and O–H groups in total. The highest BCUT2D eigenvalue weighted by Gasteiger charge is 2.60. The second-order valence-electron chi connectivity index (χ2n) is 13.7. The highest BCUT2D eigenvalue weighted by Crippen LogP contribution is 2.68. The van der Waals surface area contributed by atoms with E-state index in [-0.39, 0.29) is 37.5 Å². The molecule has 0 spiro atoms. The number of hydrogen-bond donors (Lipinski definition) is 0. The molecule has 0 radical (unpaired) electrons. The third-order valence-electron chi connectivity index (χ3n) is 11.6. The van der Waals surface area contributed by atoms with Gasteiger partial charge in [-0.25, -0.2) is 0 Å². The SMILES string of the molecule is CC(=O)O[C@@H]1CC[C@@]2(C)[C@H](CC[C@@H]3[C@@H]2CC[C@]2(C)[C@@H]([C@H](C)CCC(=O)OCCCCC(F)(F)F)CC[C@@H]32)C1. The van der Waals surface area contributed by atoms with Crippen molar-refractivity contribution in [2.75, 3.05) is 6.61 Å². The molecule has 0 amide bonds. The van der Waals surface area contributed by atoms with Crippen molar-refractivity contribution in [3.05, 3.63) is 0 Å². The lowest BCUT2D eigenvalue weighted by Gasteiger charge is -2.61. The van der Waals surface area contributed by atoms with E-state index in [0.717, 1.165) is 37.0 Å². The molecule has 4 aliphatic rings. The molecule has 4 saturated carbocycles. The van der Waals surface area contributed by atoms with E-state index in [4.69, 9.17) is 9.47 Å². The summed E-state index contributed by atoms with van der Waals surface area (Å²) in [6.07, 6.45) is 7.32. The van der Waals surface area contributed by atoms with Crippen molar-refractivity contribution in [3.8, 4) is 0 Å². The number of ether oxygens (including phenoxy) is 2. The fraction of sp³-hybridized carbons (Fsp3) is 0.935. The van der Waals surface area contributed by atoms with Gasteiger partial charge in [0.05, 0.1) is 6.61 Å². The molecule has 0 unspecified atom stereocenters. The van der Waals surface area contributed by atoms with Gasteiger partial charge in [-0.05, 0) is 123 Å². The average molecular weight is 543 g/mol. The molecule has 0 aromatic carbocycles. The van der Waals surface area contributed by atoms with E-state index in [2.05, 4.69) is 20.8 Å². The van der Waals surface area contributed by atoms with E-state index in [1.807, 2.05) is 0 Å². The summed E-state index contributed by atoms with van der Waals surface area (Å²) in [4.78, 5) is 23.8. The Bertz CT molecular complexity index is 843. The fourth-order valence-electron chi connectivity index (χ4n) is 9.77. The third kappa shape index (κ3) is 6.37. The molecule has 0 heterocycles. The minimum Gasteiger partial charge on any atom is -0.466 e. The van der Waals surface area contributed by atoms with Gasteiger partial charge in [-0.2, -0.15) is 13.2 Å². The van der Waals surface area contributed by atoms with E-state index in [0.29, 0.717) is 35.0 Å². The van der Waals surface area contributed by atoms with E-state index in [1.165, 1.54) is 51.9 Å². The number of carbonyl (C=O) groups excluding carboxylic acids is 2. The summed E-state index contributed by atoms with van der Waals surface area (Å²) in [5.74, 6) is 3.56.